The Morgan fingerprint density at radius 3 is 2.25 bits per heavy atom. The lowest BCUT2D eigenvalue weighted by Crippen LogP contribution is -2.29. The average molecular weight is 462 g/mol. The zero-order chi connectivity index (χ0) is 23.8. The van der Waals surface area contributed by atoms with Crippen LogP contribution in [0.25, 0.3) is 5.69 Å². The Hall–Kier alpha value is -2.88. The summed E-state index contributed by atoms with van der Waals surface area (Å²) in [4.78, 5) is 14.8. The molecule has 0 radical (unpaired) electrons. The molecule has 1 heterocycles. The van der Waals surface area contributed by atoms with Crippen molar-refractivity contribution in [1.29, 1.82) is 0 Å². The SMILES string of the molecule is Cc1cc(C(=O)CN(C)C(C)c2ccc(F)c(F)c2)c(C)n1-c1ccc(S(N)(=O)=O)cc1. The molecule has 0 aliphatic heterocycles. The van der Waals surface area contributed by atoms with Crippen LogP contribution in [0.5, 0.6) is 0 Å². The Morgan fingerprint density at radius 1 is 1.06 bits per heavy atom. The van der Waals surface area contributed by atoms with E-state index in [0.717, 1.165) is 17.8 Å². The lowest BCUT2D eigenvalue weighted by molar-refractivity contribution is 0.0924. The van der Waals surface area contributed by atoms with Crippen molar-refractivity contribution in [3.63, 3.8) is 0 Å². The van der Waals surface area contributed by atoms with Crippen LogP contribution in [-0.2, 0) is 10.0 Å². The third-order valence-corrected chi connectivity index (χ3v) is 6.56. The van der Waals surface area contributed by atoms with Crippen molar-refractivity contribution in [2.24, 2.45) is 5.14 Å². The number of hydrogen-bond acceptors (Lipinski definition) is 4. The largest absolute Gasteiger partial charge is 0.318 e. The summed E-state index contributed by atoms with van der Waals surface area (Å²) >= 11 is 0. The Labute approximate surface area is 186 Å². The third-order valence-electron chi connectivity index (χ3n) is 5.64. The summed E-state index contributed by atoms with van der Waals surface area (Å²) in [6, 6.07) is 11.3. The molecule has 0 bridgehead atoms. The Morgan fingerprint density at radius 2 is 1.69 bits per heavy atom. The van der Waals surface area contributed by atoms with Gasteiger partial charge in [0.2, 0.25) is 10.0 Å². The minimum absolute atomic E-state index is 0.00727. The van der Waals surface area contributed by atoms with Crippen molar-refractivity contribution in [3.05, 3.63) is 82.7 Å². The number of sulfonamides is 1. The van der Waals surface area contributed by atoms with Gasteiger partial charge >= 0.3 is 0 Å². The Kier molecular flexibility index (Phi) is 6.64. The fourth-order valence-electron chi connectivity index (χ4n) is 3.70. The number of ketones is 1. The van der Waals surface area contributed by atoms with Gasteiger partial charge in [0.05, 0.1) is 11.4 Å². The van der Waals surface area contributed by atoms with Crippen molar-refractivity contribution in [2.45, 2.75) is 31.7 Å². The molecular weight excluding hydrogens is 436 g/mol. The highest BCUT2D eigenvalue weighted by molar-refractivity contribution is 7.89. The number of benzene rings is 2. The van der Waals surface area contributed by atoms with Gasteiger partial charge in [-0.15, -0.1) is 0 Å². The van der Waals surface area contributed by atoms with Crippen LogP contribution < -0.4 is 5.14 Å². The first-order valence-corrected chi connectivity index (χ1v) is 11.5. The number of nitrogens with zero attached hydrogens (tertiary/aromatic N) is 2. The number of carbonyl (C=O) groups excluding carboxylic acids is 1. The molecule has 0 spiro atoms. The summed E-state index contributed by atoms with van der Waals surface area (Å²) in [5.41, 5.74) is 3.33. The lowest BCUT2D eigenvalue weighted by atomic mass is 10.1. The zero-order valence-electron chi connectivity index (χ0n) is 18.3. The predicted molar refractivity (Wildman–Crippen MR) is 118 cm³/mol. The van der Waals surface area contributed by atoms with Crippen molar-refractivity contribution in [3.8, 4) is 5.69 Å². The molecule has 32 heavy (non-hydrogen) atoms. The van der Waals surface area contributed by atoms with E-state index in [1.807, 2.05) is 25.3 Å². The maximum atomic E-state index is 13.6. The first-order chi connectivity index (χ1) is 14.9. The van der Waals surface area contributed by atoms with Gasteiger partial charge in [-0.1, -0.05) is 6.07 Å². The topological polar surface area (TPSA) is 85.4 Å². The molecule has 6 nitrogen and oxygen atoms in total. The molecule has 0 amide bonds. The number of primary sulfonamides is 1. The molecule has 2 aromatic carbocycles. The zero-order valence-corrected chi connectivity index (χ0v) is 19.1. The van der Waals surface area contributed by atoms with Gasteiger partial charge in [0, 0.05) is 28.7 Å². The van der Waals surface area contributed by atoms with Gasteiger partial charge in [-0.3, -0.25) is 9.69 Å². The maximum Gasteiger partial charge on any atom is 0.238 e. The van der Waals surface area contributed by atoms with Gasteiger partial charge in [-0.05, 0) is 75.8 Å². The molecule has 0 saturated carbocycles. The van der Waals surface area contributed by atoms with Gasteiger partial charge in [0.15, 0.2) is 17.4 Å². The standard InChI is InChI=1S/C23H25F2N3O3S/c1-14-11-20(16(3)28(14)18-6-8-19(9-7-18)32(26,30)31)23(29)13-27(4)15(2)17-5-10-21(24)22(25)12-17/h5-12,15H,13H2,1-4H3,(H2,26,30,31). The Balaban J connectivity index is 1.83. The van der Waals surface area contributed by atoms with E-state index in [0.29, 0.717) is 22.5 Å². The molecule has 1 aromatic heterocycles. The highest BCUT2D eigenvalue weighted by Crippen LogP contribution is 2.25. The molecule has 2 N–H and O–H groups in total. The molecule has 3 aromatic rings. The molecule has 0 aliphatic carbocycles. The van der Waals surface area contributed by atoms with Gasteiger partial charge < -0.3 is 4.57 Å². The smallest absolute Gasteiger partial charge is 0.238 e. The van der Waals surface area contributed by atoms with Crippen LogP contribution in [0.15, 0.2) is 53.4 Å². The van der Waals surface area contributed by atoms with E-state index < -0.39 is 21.7 Å². The summed E-state index contributed by atoms with van der Waals surface area (Å²) in [5, 5.41) is 5.15. The number of rotatable bonds is 7. The summed E-state index contributed by atoms with van der Waals surface area (Å²) in [7, 11) is -2.05. The fourth-order valence-corrected chi connectivity index (χ4v) is 4.22. The van der Waals surface area contributed by atoms with E-state index in [-0.39, 0.29) is 23.3 Å². The monoisotopic (exact) mass is 461 g/mol. The molecule has 170 valence electrons. The number of Topliss-reactive ketones (excluding diaryl/α,β-unsaturated/α-hetero) is 1. The van der Waals surface area contributed by atoms with E-state index in [4.69, 9.17) is 5.14 Å². The van der Waals surface area contributed by atoms with E-state index in [2.05, 4.69) is 0 Å². The van der Waals surface area contributed by atoms with Crippen molar-refractivity contribution in [2.75, 3.05) is 13.6 Å². The predicted octanol–water partition coefficient (Wildman–Crippen LogP) is 3.90. The number of hydrogen-bond donors (Lipinski definition) is 1. The van der Waals surface area contributed by atoms with Crippen LogP contribution in [0.2, 0.25) is 0 Å². The van der Waals surface area contributed by atoms with Crippen LogP contribution >= 0.6 is 0 Å². The highest BCUT2D eigenvalue weighted by Gasteiger charge is 2.21. The number of aryl methyl sites for hydroxylation is 1. The molecule has 9 heteroatoms. The summed E-state index contributed by atoms with van der Waals surface area (Å²) in [6.45, 7) is 5.56. The van der Waals surface area contributed by atoms with Gasteiger partial charge in [-0.2, -0.15) is 0 Å². The Bertz CT molecular complexity index is 1270. The normalized spacial score (nSPS) is 12.9. The van der Waals surface area contributed by atoms with Crippen LogP contribution in [0.3, 0.4) is 0 Å². The molecule has 1 unspecified atom stereocenters. The first kappa shape index (κ1) is 23.8. The molecule has 0 aliphatic rings. The summed E-state index contributed by atoms with van der Waals surface area (Å²) in [5.74, 6) is -1.96. The quantitative estimate of drug-likeness (QED) is 0.541. The molecular formula is C23H25F2N3O3S. The van der Waals surface area contributed by atoms with Crippen LogP contribution in [0.4, 0.5) is 8.78 Å². The number of nitrogens with two attached hydrogens (primary N) is 1. The number of carbonyl (C=O) groups is 1. The second-order valence-corrected chi connectivity index (χ2v) is 9.41. The second-order valence-electron chi connectivity index (χ2n) is 7.85. The summed E-state index contributed by atoms with van der Waals surface area (Å²) in [6.07, 6.45) is 0. The maximum absolute atomic E-state index is 13.6. The van der Waals surface area contributed by atoms with Crippen molar-refractivity contribution < 1.29 is 22.0 Å². The van der Waals surface area contributed by atoms with Crippen molar-refractivity contribution in [1.82, 2.24) is 9.47 Å². The summed E-state index contributed by atoms with van der Waals surface area (Å²) < 4.78 is 51.6. The van der Waals surface area contributed by atoms with E-state index in [1.54, 1.807) is 30.1 Å². The average Bonchev–Trinajstić information content (AvgIpc) is 3.03. The molecule has 0 saturated heterocycles. The lowest BCUT2D eigenvalue weighted by Gasteiger charge is -2.24. The highest BCUT2D eigenvalue weighted by atomic mass is 32.2. The number of aromatic nitrogens is 1. The van der Waals surface area contributed by atoms with Crippen LogP contribution in [0.1, 0.15) is 40.3 Å². The first-order valence-electron chi connectivity index (χ1n) is 9.90. The van der Waals surface area contributed by atoms with Crippen LogP contribution in [0, 0.1) is 25.5 Å². The second kappa shape index (κ2) is 8.93. The van der Waals surface area contributed by atoms with E-state index in [9.17, 15) is 22.0 Å². The van der Waals surface area contributed by atoms with Gasteiger partial charge in [-0.25, -0.2) is 22.3 Å². The number of halogens is 2. The van der Waals surface area contributed by atoms with Crippen molar-refractivity contribution >= 4 is 15.8 Å². The van der Waals surface area contributed by atoms with Gasteiger partial charge in [0.25, 0.3) is 0 Å². The third kappa shape index (κ3) is 4.79. The van der Waals surface area contributed by atoms with E-state index in [1.165, 1.54) is 18.2 Å². The fraction of sp³-hybridized carbons (Fsp3) is 0.261. The molecule has 1 atom stereocenters. The van der Waals surface area contributed by atoms with E-state index >= 15 is 0 Å². The minimum Gasteiger partial charge on any atom is -0.318 e. The molecule has 0 fully saturated rings. The number of likely N-dealkylation sites (N-methyl/N-ethyl adjacent to an activating group) is 1. The van der Waals surface area contributed by atoms with Crippen LogP contribution in [-0.4, -0.2) is 37.3 Å². The van der Waals surface area contributed by atoms with Gasteiger partial charge in [0.1, 0.15) is 0 Å². The molecule has 3 rings (SSSR count). The minimum atomic E-state index is -3.79.